The van der Waals surface area contributed by atoms with Crippen LogP contribution in [0.25, 0.3) is 0 Å². The molecule has 0 bridgehead atoms. The van der Waals surface area contributed by atoms with Crippen LogP contribution < -0.4 is 10.0 Å². The second-order valence-electron chi connectivity index (χ2n) is 9.92. The summed E-state index contributed by atoms with van der Waals surface area (Å²) in [5, 5.41) is 9.84. The Balaban J connectivity index is 2.86. The third-order valence-corrected chi connectivity index (χ3v) is 8.25. The maximum Gasteiger partial charge on any atom is 0.418 e. The summed E-state index contributed by atoms with van der Waals surface area (Å²) in [6, 6.07) is 6.38. The number of ether oxygens (including phenoxy) is 1. The van der Waals surface area contributed by atoms with E-state index in [0.29, 0.717) is 11.1 Å². The Kier molecular flexibility index (Phi) is 9.18. The fourth-order valence-corrected chi connectivity index (χ4v) is 6.56. The summed E-state index contributed by atoms with van der Waals surface area (Å²) >= 11 is 0. The number of hydrogen-bond donors (Lipinski definition) is 2. The Morgan fingerprint density at radius 1 is 0.917 bits per heavy atom. The van der Waals surface area contributed by atoms with Gasteiger partial charge in [0.15, 0.2) is 0 Å². The average Bonchev–Trinajstić information content (AvgIpc) is 2.77. The molecule has 1 unspecified atom stereocenters. The van der Waals surface area contributed by atoms with Crippen LogP contribution in [0.4, 0.5) is 11.4 Å². The number of anilines is 2. The lowest BCUT2D eigenvalue weighted by Gasteiger charge is -2.32. The predicted octanol–water partition coefficient (Wildman–Crippen LogP) is 5.45. The monoisotopic (exact) mass is 517 g/mol. The summed E-state index contributed by atoms with van der Waals surface area (Å²) in [5.74, 6) is -1.18. The normalized spacial score (nSPS) is 13.6. The van der Waals surface area contributed by atoms with E-state index in [4.69, 9.17) is 10.5 Å². The van der Waals surface area contributed by atoms with Gasteiger partial charge in [0, 0.05) is 11.3 Å². The van der Waals surface area contributed by atoms with Crippen molar-refractivity contribution in [3.8, 4) is 0 Å². The number of aliphatic carboxylic acids is 1. The molecule has 0 aromatic heterocycles. The zero-order valence-electron chi connectivity index (χ0n) is 22.2. The van der Waals surface area contributed by atoms with Crippen LogP contribution in [-0.2, 0) is 24.3 Å². The van der Waals surface area contributed by atoms with Crippen LogP contribution in [0.1, 0.15) is 102 Å². The highest BCUT2D eigenvalue weighted by atomic mass is 32.2. The molecule has 0 amide bonds. The van der Waals surface area contributed by atoms with Crippen molar-refractivity contribution >= 4 is 33.8 Å². The van der Waals surface area contributed by atoms with Crippen LogP contribution in [0.5, 0.6) is 0 Å². The highest BCUT2D eigenvalue weighted by molar-refractivity contribution is 7.93. The van der Waals surface area contributed by atoms with E-state index in [1.807, 2.05) is 33.8 Å². The minimum atomic E-state index is -4.33. The van der Waals surface area contributed by atoms with E-state index < -0.39 is 28.1 Å². The molecule has 36 heavy (non-hydrogen) atoms. The lowest BCUT2D eigenvalue weighted by molar-refractivity contribution is -0.137. The molecule has 0 fully saturated rings. The average molecular weight is 518 g/mol. The fraction of sp³-hybridized carbons (Fsp3) is 0.481. The number of carbonyl (C=O) groups is 1. The molecule has 2 aromatic rings. The summed E-state index contributed by atoms with van der Waals surface area (Å²) in [6.07, 6.45) is -0.705. The van der Waals surface area contributed by atoms with E-state index in [0.717, 1.165) is 15.4 Å². The first-order valence-electron chi connectivity index (χ1n) is 12.0. The van der Waals surface area contributed by atoms with E-state index >= 15 is 0 Å². The molecule has 0 saturated carbocycles. The van der Waals surface area contributed by atoms with Crippen LogP contribution >= 0.6 is 0 Å². The molecule has 0 spiro atoms. The smallest absolute Gasteiger partial charge is 0.418 e. The standard InChI is InChI=1S/C27H37N2O6S/c1-15(2)21-11-12-24(26(17(5)6)25(21)16(3)4)36(33,34)29(18(7)27(31)32)20-9-10-22(23(28)13-20)19(8)35-14-30/h9-13,15-19H,28H2,1-8H3,(H,31,32)/t18-,19?/m0/s1. The van der Waals surface area contributed by atoms with Crippen molar-refractivity contribution in [2.45, 2.75) is 90.2 Å². The van der Waals surface area contributed by atoms with Crippen molar-refractivity contribution in [3.05, 3.63) is 52.6 Å². The third kappa shape index (κ3) is 5.67. The highest BCUT2D eigenvalue weighted by Gasteiger charge is 2.37. The lowest BCUT2D eigenvalue weighted by Crippen LogP contribution is -2.44. The maximum atomic E-state index is 14.2. The molecule has 0 aliphatic carbocycles. The summed E-state index contributed by atoms with van der Waals surface area (Å²) in [6.45, 7) is 16.3. The second kappa shape index (κ2) is 11.3. The third-order valence-electron chi connectivity index (χ3n) is 6.29. The van der Waals surface area contributed by atoms with Crippen LogP contribution in [0.15, 0.2) is 35.2 Å². The zero-order valence-corrected chi connectivity index (χ0v) is 23.0. The van der Waals surface area contributed by atoms with Gasteiger partial charge in [-0.2, -0.15) is 0 Å². The van der Waals surface area contributed by atoms with Crippen molar-refractivity contribution in [2.75, 3.05) is 10.0 Å². The first-order valence-corrected chi connectivity index (χ1v) is 13.5. The van der Waals surface area contributed by atoms with Crippen molar-refractivity contribution in [1.29, 1.82) is 0 Å². The van der Waals surface area contributed by atoms with Crippen molar-refractivity contribution < 1.29 is 27.9 Å². The molecule has 197 valence electrons. The number of benzene rings is 2. The lowest BCUT2D eigenvalue weighted by atomic mass is 9.83. The molecule has 2 aromatic carbocycles. The van der Waals surface area contributed by atoms with Gasteiger partial charge in [0.2, 0.25) is 0 Å². The number of carbonyl (C=O) groups excluding carboxylic acids is 1. The maximum absolute atomic E-state index is 14.2. The number of rotatable bonds is 11. The van der Waals surface area contributed by atoms with Gasteiger partial charge in [-0.25, -0.2) is 18.0 Å². The molecule has 8 nitrogen and oxygen atoms in total. The van der Waals surface area contributed by atoms with Gasteiger partial charge in [0.05, 0.1) is 10.6 Å². The van der Waals surface area contributed by atoms with Crippen LogP contribution in [-0.4, -0.2) is 32.0 Å². The van der Waals surface area contributed by atoms with Crippen LogP contribution in [0, 0.1) is 0 Å². The van der Waals surface area contributed by atoms with E-state index in [2.05, 4.69) is 13.8 Å². The Morgan fingerprint density at radius 2 is 1.47 bits per heavy atom. The summed E-state index contributed by atoms with van der Waals surface area (Å²) in [7, 11) is -4.33. The Labute approximate surface area is 214 Å². The molecule has 2 atom stereocenters. The number of nitrogens with two attached hydrogens (primary N) is 1. The molecule has 2 rings (SSSR count). The van der Waals surface area contributed by atoms with Gasteiger partial charge in [-0.15, -0.1) is 0 Å². The number of carboxylic acids is 1. The SMILES string of the molecule is CC(C)c1ccc(S(=O)(=O)N(c2ccc(C(C)O[C]=O)c(N)c2)[C@@H](C)C(=O)O)c(C(C)C)c1C(C)C. The molecule has 0 saturated heterocycles. The Morgan fingerprint density at radius 3 is 1.92 bits per heavy atom. The summed E-state index contributed by atoms with van der Waals surface area (Å²) in [5.41, 5.74) is 9.60. The van der Waals surface area contributed by atoms with Gasteiger partial charge in [-0.3, -0.25) is 4.31 Å². The molecular formula is C27H37N2O6S. The van der Waals surface area contributed by atoms with E-state index in [1.165, 1.54) is 31.6 Å². The van der Waals surface area contributed by atoms with Gasteiger partial charge >= 0.3 is 12.4 Å². The minimum absolute atomic E-state index is 0.0614. The zero-order chi connectivity index (χ0) is 27.5. The van der Waals surface area contributed by atoms with Crippen LogP contribution in [0.2, 0.25) is 0 Å². The van der Waals surface area contributed by atoms with Crippen molar-refractivity contribution in [3.63, 3.8) is 0 Å². The van der Waals surface area contributed by atoms with Crippen molar-refractivity contribution in [2.24, 2.45) is 0 Å². The van der Waals surface area contributed by atoms with Gasteiger partial charge < -0.3 is 15.6 Å². The topological polar surface area (TPSA) is 127 Å². The predicted molar refractivity (Wildman–Crippen MR) is 142 cm³/mol. The van der Waals surface area contributed by atoms with Crippen LogP contribution in [0.3, 0.4) is 0 Å². The van der Waals surface area contributed by atoms with Gasteiger partial charge in [-0.1, -0.05) is 53.7 Å². The Hall–Kier alpha value is -3.07. The number of carboxylic acid groups (broad SMARTS) is 1. The number of sulfonamides is 1. The fourth-order valence-electron chi connectivity index (χ4n) is 4.58. The first-order chi connectivity index (χ1) is 16.7. The summed E-state index contributed by atoms with van der Waals surface area (Å²) in [4.78, 5) is 22.8. The molecule has 0 aliphatic rings. The molecule has 0 heterocycles. The quantitative estimate of drug-likeness (QED) is 0.379. The van der Waals surface area contributed by atoms with Gasteiger partial charge in [0.25, 0.3) is 10.0 Å². The summed E-state index contributed by atoms with van der Waals surface area (Å²) < 4.78 is 34.2. The molecule has 0 aliphatic heterocycles. The van der Waals surface area contributed by atoms with Gasteiger partial charge in [0.1, 0.15) is 12.1 Å². The molecule has 9 heteroatoms. The Bertz CT molecular complexity index is 1220. The molecular weight excluding hydrogens is 480 g/mol. The largest absolute Gasteiger partial charge is 0.480 e. The van der Waals surface area contributed by atoms with E-state index in [1.54, 1.807) is 13.0 Å². The number of nitrogens with zero attached hydrogens (tertiary/aromatic N) is 1. The van der Waals surface area contributed by atoms with Gasteiger partial charge in [-0.05, 0) is 66.5 Å². The second-order valence-corrected chi connectivity index (χ2v) is 11.7. The minimum Gasteiger partial charge on any atom is -0.480 e. The van der Waals surface area contributed by atoms with E-state index in [9.17, 15) is 23.1 Å². The molecule has 1 radical (unpaired) electrons. The van der Waals surface area contributed by atoms with E-state index in [-0.39, 0.29) is 34.0 Å². The number of nitrogen functional groups attached to an aromatic ring is 1. The first kappa shape index (κ1) is 29.2. The highest BCUT2D eigenvalue weighted by Crippen LogP contribution is 2.40. The number of hydrogen-bond acceptors (Lipinski definition) is 6. The van der Waals surface area contributed by atoms with Crippen molar-refractivity contribution in [1.82, 2.24) is 0 Å². The molecule has 3 N–H and O–H groups in total.